The number of rotatable bonds is 3. The Balaban J connectivity index is 2.02. The van der Waals surface area contributed by atoms with Gasteiger partial charge >= 0.3 is 0 Å². The van der Waals surface area contributed by atoms with Gasteiger partial charge in [0, 0.05) is 24.5 Å². The Labute approximate surface area is 110 Å². The van der Waals surface area contributed by atoms with Gasteiger partial charge in [-0.2, -0.15) is 0 Å². The van der Waals surface area contributed by atoms with Gasteiger partial charge in [0.05, 0.1) is 11.4 Å². The second-order valence-electron chi connectivity index (χ2n) is 5.64. The molecule has 0 aliphatic heterocycles. The van der Waals surface area contributed by atoms with Crippen LogP contribution in [0.15, 0.2) is 12.4 Å². The van der Waals surface area contributed by atoms with Crippen molar-refractivity contribution in [3.63, 3.8) is 0 Å². The molecule has 0 saturated heterocycles. The zero-order chi connectivity index (χ0) is 13.0. The molecule has 1 N–H and O–H groups in total. The van der Waals surface area contributed by atoms with Crippen LogP contribution in [0.2, 0.25) is 0 Å². The smallest absolute Gasteiger partial charge is 0.0782 e. The van der Waals surface area contributed by atoms with E-state index in [1.54, 1.807) is 12.4 Å². The summed E-state index contributed by atoms with van der Waals surface area (Å²) >= 11 is 0. The third-order valence-electron chi connectivity index (χ3n) is 4.15. The van der Waals surface area contributed by atoms with Crippen molar-refractivity contribution >= 4 is 0 Å². The summed E-state index contributed by atoms with van der Waals surface area (Å²) in [4.78, 5) is 8.80. The fourth-order valence-electron chi connectivity index (χ4n) is 2.98. The Kier molecular flexibility index (Phi) is 4.70. The molecule has 1 aliphatic rings. The summed E-state index contributed by atoms with van der Waals surface area (Å²) in [7, 11) is 0. The zero-order valence-corrected chi connectivity index (χ0v) is 11.8. The number of nitrogens with one attached hydrogen (secondary N) is 1. The van der Waals surface area contributed by atoms with Crippen LogP contribution in [0, 0.1) is 12.8 Å². The molecule has 1 saturated carbocycles. The van der Waals surface area contributed by atoms with Crippen molar-refractivity contribution in [2.75, 3.05) is 0 Å². The van der Waals surface area contributed by atoms with E-state index in [4.69, 9.17) is 0 Å². The number of hydrogen-bond acceptors (Lipinski definition) is 3. The highest BCUT2D eigenvalue weighted by Gasteiger charge is 2.22. The predicted molar refractivity (Wildman–Crippen MR) is 74.4 cm³/mol. The Morgan fingerprint density at radius 3 is 2.67 bits per heavy atom. The van der Waals surface area contributed by atoms with Gasteiger partial charge in [-0.1, -0.05) is 26.2 Å². The second-order valence-corrected chi connectivity index (χ2v) is 5.64. The first-order chi connectivity index (χ1) is 8.68. The molecule has 1 aromatic heterocycles. The second kappa shape index (κ2) is 6.28. The molecule has 3 atom stereocenters. The van der Waals surface area contributed by atoms with E-state index < -0.39 is 0 Å². The van der Waals surface area contributed by atoms with E-state index in [1.807, 2.05) is 6.92 Å². The molecule has 0 spiro atoms. The van der Waals surface area contributed by atoms with Crippen LogP contribution in [-0.2, 0) is 0 Å². The monoisotopic (exact) mass is 247 g/mol. The van der Waals surface area contributed by atoms with Crippen LogP contribution in [0.1, 0.15) is 63.4 Å². The molecule has 3 nitrogen and oxygen atoms in total. The van der Waals surface area contributed by atoms with E-state index in [0.717, 1.165) is 17.3 Å². The first kappa shape index (κ1) is 13.5. The van der Waals surface area contributed by atoms with Gasteiger partial charge in [-0.25, -0.2) is 0 Å². The lowest BCUT2D eigenvalue weighted by Crippen LogP contribution is -2.36. The van der Waals surface area contributed by atoms with E-state index in [-0.39, 0.29) is 0 Å². The number of aromatic nitrogens is 2. The third kappa shape index (κ3) is 3.29. The van der Waals surface area contributed by atoms with Gasteiger partial charge in [0.25, 0.3) is 0 Å². The standard InChI is InChI=1S/C15H25N3/c1-11-7-5-4-6-8-14(11)18-13(3)15-12(2)16-9-10-17-15/h9-11,13-14,18H,4-8H2,1-3H3. The molecule has 1 heterocycles. The van der Waals surface area contributed by atoms with E-state index >= 15 is 0 Å². The fraction of sp³-hybridized carbons (Fsp3) is 0.733. The summed E-state index contributed by atoms with van der Waals surface area (Å²) in [5, 5.41) is 3.76. The van der Waals surface area contributed by atoms with Crippen molar-refractivity contribution in [2.45, 2.75) is 65.0 Å². The minimum atomic E-state index is 0.296. The molecule has 1 aromatic rings. The van der Waals surface area contributed by atoms with Crippen LogP contribution in [-0.4, -0.2) is 16.0 Å². The molecule has 0 radical (unpaired) electrons. The minimum Gasteiger partial charge on any atom is -0.306 e. The van der Waals surface area contributed by atoms with Crippen molar-refractivity contribution < 1.29 is 0 Å². The highest BCUT2D eigenvalue weighted by atomic mass is 15.0. The fourth-order valence-corrected chi connectivity index (χ4v) is 2.98. The molecule has 3 heteroatoms. The van der Waals surface area contributed by atoms with Gasteiger partial charge < -0.3 is 5.32 Å². The largest absolute Gasteiger partial charge is 0.306 e. The van der Waals surface area contributed by atoms with Crippen molar-refractivity contribution in [3.8, 4) is 0 Å². The summed E-state index contributed by atoms with van der Waals surface area (Å²) < 4.78 is 0. The zero-order valence-electron chi connectivity index (χ0n) is 11.8. The van der Waals surface area contributed by atoms with Crippen LogP contribution in [0.25, 0.3) is 0 Å². The van der Waals surface area contributed by atoms with Gasteiger partial charge in [-0.05, 0) is 32.6 Å². The van der Waals surface area contributed by atoms with Crippen LogP contribution < -0.4 is 5.32 Å². The SMILES string of the molecule is Cc1nccnc1C(C)NC1CCCCCC1C. The van der Waals surface area contributed by atoms with Crippen LogP contribution in [0.3, 0.4) is 0 Å². The maximum absolute atomic E-state index is 4.47. The topological polar surface area (TPSA) is 37.8 Å². The van der Waals surface area contributed by atoms with E-state index in [2.05, 4.69) is 29.1 Å². The average Bonchev–Trinajstić information content (AvgIpc) is 2.55. The highest BCUT2D eigenvalue weighted by molar-refractivity contribution is 5.12. The van der Waals surface area contributed by atoms with Crippen molar-refractivity contribution in [3.05, 3.63) is 23.8 Å². The molecule has 100 valence electrons. The quantitative estimate of drug-likeness (QED) is 0.832. The van der Waals surface area contributed by atoms with Gasteiger partial charge in [0.2, 0.25) is 0 Å². The maximum atomic E-state index is 4.47. The van der Waals surface area contributed by atoms with E-state index in [0.29, 0.717) is 12.1 Å². The molecule has 3 unspecified atom stereocenters. The summed E-state index contributed by atoms with van der Waals surface area (Å²) in [6.45, 7) is 6.62. The van der Waals surface area contributed by atoms with Crippen LogP contribution in [0.5, 0.6) is 0 Å². The minimum absolute atomic E-state index is 0.296. The Morgan fingerprint density at radius 2 is 1.89 bits per heavy atom. The predicted octanol–water partition coefficient (Wildman–Crippen LogP) is 3.40. The molecular weight excluding hydrogens is 222 g/mol. The molecule has 2 rings (SSSR count). The number of nitrogens with zero attached hydrogens (tertiary/aromatic N) is 2. The lowest BCUT2D eigenvalue weighted by Gasteiger charge is -2.27. The van der Waals surface area contributed by atoms with E-state index in [9.17, 15) is 0 Å². The lowest BCUT2D eigenvalue weighted by molar-refractivity contribution is 0.327. The summed E-state index contributed by atoms with van der Waals surface area (Å²) in [6.07, 6.45) is 10.3. The molecule has 18 heavy (non-hydrogen) atoms. The lowest BCUT2D eigenvalue weighted by atomic mass is 9.96. The van der Waals surface area contributed by atoms with Crippen LogP contribution in [0.4, 0.5) is 0 Å². The maximum Gasteiger partial charge on any atom is 0.0782 e. The normalized spacial score (nSPS) is 26.6. The van der Waals surface area contributed by atoms with Gasteiger partial charge in [0.1, 0.15) is 0 Å². The Hall–Kier alpha value is -0.960. The first-order valence-electron chi connectivity index (χ1n) is 7.22. The summed E-state index contributed by atoms with van der Waals surface area (Å²) in [5.41, 5.74) is 2.13. The van der Waals surface area contributed by atoms with Crippen LogP contribution >= 0.6 is 0 Å². The Morgan fingerprint density at radius 1 is 1.17 bits per heavy atom. The first-order valence-corrected chi connectivity index (χ1v) is 7.22. The molecule has 1 fully saturated rings. The molecule has 0 aromatic carbocycles. The van der Waals surface area contributed by atoms with Gasteiger partial charge in [-0.3, -0.25) is 9.97 Å². The van der Waals surface area contributed by atoms with Crippen molar-refractivity contribution in [1.82, 2.24) is 15.3 Å². The molecular formula is C15H25N3. The third-order valence-corrected chi connectivity index (χ3v) is 4.15. The van der Waals surface area contributed by atoms with Crippen molar-refractivity contribution in [2.24, 2.45) is 5.92 Å². The van der Waals surface area contributed by atoms with Crippen molar-refractivity contribution in [1.29, 1.82) is 0 Å². The molecule has 1 aliphatic carbocycles. The average molecular weight is 247 g/mol. The van der Waals surface area contributed by atoms with Gasteiger partial charge in [-0.15, -0.1) is 0 Å². The number of hydrogen-bond donors (Lipinski definition) is 1. The summed E-state index contributed by atoms with van der Waals surface area (Å²) in [6, 6.07) is 0.924. The molecule has 0 bridgehead atoms. The summed E-state index contributed by atoms with van der Waals surface area (Å²) in [5.74, 6) is 0.770. The molecule has 0 amide bonds. The van der Waals surface area contributed by atoms with E-state index in [1.165, 1.54) is 32.1 Å². The number of aryl methyl sites for hydroxylation is 1. The Bertz CT molecular complexity index is 378. The van der Waals surface area contributed by atoms with Gasteiger partial charge in [0.15, 0.2) is 0 Å². The highest BCUT2D eigenvalue weighted by Crippen LogP contribution is 2.25.